The van der Waals surface area contributed by atoms with Crippen molar-refractivity contribution in [2.75, 3.05) is 46.3 Å². The second-order valence-corrected chi connectivity index (χ2v) is 19.2. The van der Waals surface area contributed by atoms with E-state index in [-0.39, 0.29) is 54.1 Å². The molecule has 0 aliphatic carbocycles. The largest absolute Gasteiger partial charge is 0.343 e. The summed E-state index contributed by atoms with van der Waals surface area (Å²) in [5.41, 5.74) is 1.72. The van der Waals surface area contributed by atoms with E-state index in [4.69, 9.17) is 0 Å². The van der Waals surface area contributed by atoms with Gasteiger partial charge in [-0.1, -0.05) is 73.7 Å². The first-order valence-corrected chi connectivity index (χ1v) is 23.2. The number of nitrogens with one attached hydrogen (secondary N) is 3. The number of hydrogen-bond acceptors (Lipinski definition) is 9. The Hall–Kier alpha value is -4.68. The summed E-state index contributed by atoms with van der Waals surface area (Å²) in [6, 6.07) is 20.2. The van der Waals surface area contributed by atoms with Crippen LogP contribution in [0.1, 0.15) is 69.5 Å². The number of benzene rings is 3. The highest BCUT2D eigenvalue weighted by molar-refractivity contribution is 7.90. The van der Waals surface area contributed by atoms with Crippen molar-refractivity contribution >= 4 is 43.7 Å². The lowest BCUT2D eigenvalue weighted by Gasteiger charge is -2.38. The third-order valence-electron chi connectivity index (χ3n) is 11.5. The molecule has 0 spiro atoms. The molecular weight excluding hydrogens is 795 g/mol. The van der Waals surface area contributed by atoms with E-state index in [2.05, 4.69) is 16.0 Å². The fraction of sp³-hybridized carbons (Fsp3) is 0.476. The number of amides is 4. The van der Waals surface area contributed by atoms with Crippen LogP contribution in [0.25, 0.3) is 0 Å². The van der Waals surface area contributed by atoms with E-state index in [0.717, 1.165) is 27.9 Å². The van der Waals surface area contributed by atoms with Gasteiger partial charge in [-0.2, -0.15) is 8.61 Å². The first-order chi connectivity index (χ1) is 28.3. The van der Waals surface area contributed by atoms with Crippen molar-refractivity contribution in [1.29, 1.82) is 0 Å². The van der Waals surface area contributed by atoms with Crippen LogP contribution in [0.15, 0.2) is 94.7 Å². The van der Waals surface area contributed by atoms with Gasteiger partial charge < -0.3 is 25.8 Å². The van der Waals surface area contributed by atoms with Crippen molar-refractivity contribution in [1.82, 2.24) is 34.4 Å². The third-order valence-corrected chi connectivity index (χ3v) is 15.2. The van der Waals surface area contributed by atoms with Gasteiger partial charge in [0.2, 0.25) is 43.7 Å². The fourth-order valence-electron chi connectivity index (χ4n) is 8.14. The predicted octanol–water partition coefficient (Wildman–Crippen LogP) is 2.46. The second-order valence-electron chi connectivity index (χ2n) is 15.3. The van der Waals surface area contributed by atoms with Gasteiger partial charge >= 0.3 is 0 Å². The molecule has 4 amide bonds. The molecule has 3 aliphatic rings. The highest BCUT2D eigenvalue weighted by Crippen LogP contribution is 2.33. The number of hydrogen-bond donors (Lipinski definition) is 3. The molecule has 3 N–H and O–H groups in total. The first-order valence-electron chi connectivity index (χ1n) is 20.3. The summed E-state index contributed by atoms with van der Waals surface area (Å²) in [4.78, 5) is 57.7. The smallest absolute Gasteiger partial charge is 0.247 e. The van der Waals surface area contributed by atoms with Crippen LogP contribution in [0, 0.1) is 0 Å². The van der Waals surface area contributed by atoms with Crippen LogP contribution < -0.4 is 16.0 Å². The Balaban J connectivity index is 1.25. The maximum atomic E-state index is 14.6. The Bertz CT molecular complexity index is 2150. The number of carbonyl (C=O) groups excluding carboxylic acids is 4. The summed E-state index contributed by atoms with van der Waals surface area (Å²) in [5, 5.41) is 8.75. The Morgan fingerprint density at radius 3 is 2.02 bits per heavy atom. The van der Waals surface area contributed by atoms with Crippen LogP contribution in [0.4, 0.5) is 0 Å². The van der Waals surface area contributed by atoms with Gasteiger partial charge in [0.05, 0.1) is 21.9 Å². The summed E-state index contributed by atoms with van der Waals surface area (Å²) < 4.78 is 59.2. The minimum atomic E-state index is -4.43. The topological polar surface area (TPSA) is 186 Å². The minimum absolute atomic E-state index is 0.0135. The third kappa shape index (κ3) is 9.86. The maximum Gasteiger partial charge on any atom is 0.247 e. The Morgan fingerprint density at radius 1 is 0.780 bits per heavy atom. The molecule has 3 heterocycles. The molecule has 59 heavy (non-hydrogen) atoms. The zero-order valence-electron chi connectivity index (χ0n) is 33.8. The lowest BCUT2D eigenvalue weighted by molar-refractivity contribution is -0.144. The predicted molar refractivity (Wildman–Crippen MR) is 222 cm³/mol. The van der Waals surface area contributed by atoms with Crippen molar-refractivity contribution in [3.63, 3.8) is 0 Å². The first kappa shape index (κ1) is 43.9. The van der Waals surface area contributed by atoms with Gasteiger partial charge in [0.25, 0.3) is 0 Å². The molecule has 3 aromatic rings. The Kier molecular flexibility index (Phi) is 14.2. The van der Waals surface area contributed by atoms with Gasteiger partial charge in [0.1, 0.15) is 12.1 Å². The average molecular weight is 850 g/mol. The quantitative estimate of drug-likeness (QED) is 0.233. The summed E-state index contributed by atoms with van der Waals surface area (Å²) in [5.74, 6) is -1.61. The number of nitrogens with zero attached hydrogens (tertiary/aromatic N) is 4. The number of likely N-dealkylation sites (N-methyl/N-ethyl adjacent to an activating group) is 1. The van der Waals surface area contributed by atoms with Gasteiger partial charge in [0.15, 0.2) is 0 Å². The zero-order valence-corrected chi connectivity index (χ0v) is 35.5. The summed E-state index contributed by atoms with van der Waals surface area (Å²) in [7, 11) is -7.03. The van der Waals surface area contributed by atoms with E-state index in [9.17, 15) is 36.0 Å². The molecule has 4 atom stereocenters. The number of fused-ring (bicyclic) bond motifs is 1. The monoisotopic (exact) mass is 849 g/mol. The Labute approximate surface area is 347 Å². The molecule has 3 aromatic carbocycles. The standard InChI is InChI=1S/C42H55N7O8S2/c1-4-23-46-24-12-25-47(27-22-38(46)50)58(54,55)34-17-11-18-35(28-34)59(56,57)48-26-21-33-19-20-37(49(33)42(53)36(29-48)44-40(51)30(2)43-3)41(52)45-39(31-13-7-5-8-14-31)32-15-9-6-10-16-32/h5-11,13-18,28,30,33,36-37,39,43H,4,12,19-27,29H2,1-3H3,(H,44,51)(H,45,52)/t30-,33+,36-,37-/m0/s1. The lowest BCUT2D eigenvalue weighted by Crippen LogP contribution is -2.62. The molecule has 3 aliphatic heterocycles. The molecular formula is C42H55N7O8S2. The molecule has 318 valence electrons. The molecule has 0 unspecified atom stereocenters. The Morgan fingerprint density at radius 2 is 1.41 bits per heavy atom. The SMILES string of the molecule is CCCN1CCCN(S(=O)(=O)c2cccc(S(=O)(=O)N3CC[C@H]4CC[C@@H](C(=O)NC(c5ccccc5)c5ccccc5)N4C(=O)[C@@H](NC(=O)[C@H](C)NC)C3)c2)CCC1=O. The molecule has 3 saturated heterocycles. The van der Waals surface area contributed by atoms with E-state index in [1.165, 1.54) is 27.4 Å². The molecule has 3 fully saturated rings. The summed E-state index contributed by atoms with van der Waals surface area (Å²) in [6.45, 7) is 4.24. The van der Waals surface area contributed by atoms with E-state index < -0.39 is 68.6 Å². The maximum absolute atomic E-state index is 14.6. The van der Waals surface area contributed by atoms with Crippen molar-refractivity contribution in [3.05, 3.63) is 96.1 Å². The van der Waals surface area contributed by atoms with Gasteiger partial charge in [-0.15, -0.1) is 0 Å². The van der Waals surface area contributed by atoms with E-state index in [1.807, 2.05) is 67.6 Å². The highest BCUT2D eigenvalue weighted by atomic mass is 32.2. The van der Waals surface area contributed by atoms with Crippen molar-refractivity contribution in [3.8, 4) is 0 Å². The highest BCUT2D eigenvalue weighted by Gasteiger charge is 2.47. The molecule has 17 heteroatoms. The van der Waals surface area contributed by atoms with Gasteiger partial charge in [-0.3, -0.25) is 19.2 Å². The average Bonchev–Trinajstić information content (AvgIpc) is 3.66. The van der Waals surface area contributed by atoms with Crippen LogP contribution in [-0.4, -0.2) is 129 Å². The van der Waals surface area contributed by atoms with E-state index >= 15 is 0 Å². The number of rotatable bonds is 13. The van der Waals surface area contributed by atoms with Crippen LogP contribution >= 0.6 is 0 Å². The molecule has 0 aromatic heterocycles. The van der Waals surface area contributed by atoms with Crippen molar-refractivity contribution in [2.24, 2.45) is 0 Å². The van der Waals surface area contributed by atoms with Gasteiger partial charge in [-0.05, 0) is 75.4 Å². The normalized spacial score (nSPS) is 21.9. The van der Waals surface area contributed by atoms with Crippen molar-refractivity contribution < 1.29 is 36.0 Å². The molecule has 0 radical (unpaired) electrons. The van der Waals surface area contributed by atoms with Gasteiger partial charge in [-0.25, -0.2) is 16.8 Å². The van der Waals surface area contributed by atoms with Crippen LogP contribution in [0.3, 0.4) is 0 Å². The van der Waals surface area contributed by atoms with Crippen LogP contribution in [0.5, 0.6) is 0 Å². The molecule has 0 bridgehead atoms. The van der Waals surface area contributed by atoms with E-state index in [0.29, 0.717) is 32.4 Å². The second kappa shape index (κ2) is 19.1. The van der Waals surface area contributed by atoms with Crippen LogP contribution in [-0.2, 0) is 39.2 Å². The molecule has 0 saturated carbocycles. The fourth-order valence-corrected chi connectivity index (χ4v) is 11.3. The molecule has 15 nitrogen and oxygen atoms in total. The summed E-state index contributed by atoms with van der Waals surface area (Å²) >= 11 is 0. The van der Waals surface area contributed by atoms with Gasteiger partial charge in [0, 0.05) is 51.7 Å². The van der Waals surface area contributed by atoms with Crippen molar-refractivity contribution in [2.45, 2.75) is 92.4 Å². The number of carbonyl (C=O) groups is 4. The number of sulfonamides is 2. The zero-order chi connectivity index (χ0) is 42.3. The minimum Gasteiger partial charge on any atom is -0.343 e. The summed E-state index contributed by atoms with van der Waals surface area (Å²) in [6.07, 6.45) is 2.21. The van der Waals surface area contributed by atoms with E-state index in [1.54, 1.807) is 18.9 Å². The van der Waals surface area contributed by atoms with Crippen LogP contribution in [0.2, 0.25) is 0 Å². The molecule has 6 rings (SSSR count). The lowest BCUT2D eigenvalue weighted by atomic mass is 9.98.